The third-order valence-electron chi connectivity index (χ3n) is 25.0. The van der Waals surface area contributed by atoms with Crippen LogP contribution in [0.15, 0.2) is 36.0 Å². The second-order valence-corrected chi connectivity index (χ2v) is 36.1. The highest BCUT2D eigenvalue weighted by Crippen LogP contribution is 2.67. The SMILES string of the molecule is C/C=C/C[C@@H](C)[C@@H](OCOCC(=O)[C@@]1(O)CC[C@H]2[C@@H]3CCC4=CC(=O)C=C[C@]4(C)[C@H]3[C@@H](O)C[C@@]21C)C1C(=O)NC(CC)C(=O)N(C)CC(=O)N(C)[C@@H](CC(C)C)C(=O)NC(C(C)C)C(=O)N(C)C(CC(C)C)C(=O)CC(C)C(=O)NC(C)C(=O)N(C)C(CC(C)C)C(=O)N(C)C(CC(C)C)C(=O)N(C)C(C(C)C)C(=O)N1C. The van der Waals surface area contributed by atoms with Crippen LogP contribution < -0.4 is 16.0 Å². The Morgan fingerprint density at radius 1 is 0.625 bits per heavy atom. The summed E-state index contributed by atoms with van der Waals surface area (Å²) in [6.07, 6.45) is 8.96. The summed E-state index contributed by atoms with van der Waals surface area (Å²) in [5.74, 6) is -12.1. The maximum Gasteiger partial charge on any atom is 0.246 e. The molecule has 0 aromatic carbocycles. The molecule has 9 unspecified atom stereocenters. The van der Waals surface area contributed by atoms with Crippen LogP contribution in [0.2, 0.25) is 0 Å². The summed E-state index contributed by atoms with van der Waals surface area (Å²) in [6.45, 7) is 32.1. The van der Waals surface area contributed by atoms with Gasteiger partial charge in [0.25, 0.3) is 0 Å². The number of Topliss-reactive ketones (excluding diaryl/α,β-unsaturated/α-hetero) is 2. The minimum Gasteiger partial charge on any atom is -0.393 e. The number of hydrogen-bond acceptors (Lipinski definition) is 17. The fourth-order valence-electron chi connectivity index (χ4n) is 18.3. The van der Waals surface area contributed by atoms with E-state index in [1.54, 1.807) is 66.7 Å². The third-order valence-corrected chi connectivity index (χ3v) is 25.0. The second-order valence-electron chi connectivity index (χ2n) is 36.1. The van der Waals surface area contributed by atoms with E-state index in [9.17, 15) is 53.4 Å². The fraction of sp³-hybridized carbons (Fsp3) is 0.776. The van der Waals surface area contributed by atoms with Crippen LogP contribution in [-0.2, 0) is 71.8 Å². The summed E-state index contributed by atoms with van der Waals surface area (Å²) < 4.78 is 12.8. The maximum atomic E-state index is 16.0. The topological polar surface area (TPSA) is 340 Å². The molecule has 632 valence electrons. The van der Waals surface area contributed by atoms with Crippen molar-refractivity contribution in [2.24, 2.45) is 75.9 Å². The van der Waals surface area contributed by atoms with Gasteiger partial charge >= 0.3 is 0 Å². The predicted molar refractivity (Wildman–Crippen MR) is 427 cm³/mol. The molecule has 3 saturated carbocycles. The Morgan fingerprint density at radius 2 is 1.16 bits per heavy atom. The number of nitrogens with zero attached hydrogens (tertiary/aromatic N) is 7. The lowest BCUT2D eigenvalue weighted by molar-refractivity contribution is -0.186. The van der Waals surface area contributed by atoms with Crippen molar-refractivity contribution in [1.82, 2.24) is 50.2 Å². The number of nitrogens with one attached hydrogen (secondary N) is 3. The Balaban J connectivity index is 1.64. The summed E-state index contributed by atoms with van der Waals surface area (Å²) >= 11 is 0. The van der Waals surface area contributed by atoms with E-state index in [1.807, 2.05) is 81.4 Å². The molecule has 0 bridgehead atoms. The Labute approximate surface area is 667 Å². The van der Waals surface area contributed by atoms with Crippen LogP contribution in [-0.4, -0.2) is 262 Å². The number of likely N-dealkylation sites (N-methyl/N-ethyl adjacent to an activating group) is 7. The standard InChI is InChI=1S/C85H140N10O17/c1-27-29-30-53(15)73(112-46-111-45-67(99)85(110)36-34-59-58-32-31-56-42-57(96)33-35-83(56,18)69(58)66(98)43-84(59,85)19)72-76(103)87-60(28-2)78(105)89(20)44-68(100)90(21)62(38-48(5)6)75(102)88-70(51(11)12)81(108)91(22)61(37-47(3)4)65(97)41-54(16)74(101)86-55(17)77(104)92(23)63(39-49(7)8)79(106)93(24)64(40-50(9)10)80(107)94(25)71(52(13)14)82(109)95(72)26/h27,29,33,35,42,47-55,58-64,66,69-73,98,110H,28,30-32,34,36-41,43-46H2,1-26H3,(H,86,101)(H,87,103)(H,88,102)/b29-27+/t53-,54?,55?,58+,59+,60?,61?,62+,63?,64?,66+,69-,70?,71?,72?,73-,83+,84+,85+/m1/s1. The zero-order chi connectivity index (χ0) is 85.0. The first-order valence-electron chi connectivity index (χ1n) is 41.0. The Bertz CT molecular complexity index is 3480. The number of aliphatic hydroxyl groups excluding tert-OH is 1. The Kier molecular flexibility index (Phi) is 34.4. The summed E-state index contributed by atoms with van der Waals surface area (Å²) in [4.78, 5) is 201. The van der Waals surface area contributed by atoms with Gasteiger partial charge in [0, 0.05) is 78.4 Å². The lowest BCUT2D eigenvalue weighted by Gasteiger charge is -2.59. The largest absolute Gasteiger partial charge is 0.393 e. The van der Waals surface area contributed by atoms with Crippen molar-refractivity contribution in [1.29, 1.82) is 0 Å². The van der Waals surface area contributed by atoms with Gasteiger partial charge in [-0.05, 0) is 150 Å². The van der Waals surface area contributed by atoms with Crippen molar-refractivity contribution in [3.63, 3.8) is 0 Å². The van der Waals surface area contributed by atoms with Gasteiger partial charge in [0.15, 0.2) is 17.3 Å². The summed E-state index contributed by atoms with van der Waals surface area (Å²) in [7, 11) is 9.98. The van der Waals surface area contributed by atoms with E-state index in [2.05, 4.69) is 16.0 Å². The summed E-state index contributed by atoms with van der Waals surface area (Å²) in [6, 6.07) is -11.5. The number of rotatable bonds is 21. The van der Waals surface area contributed by atoms with Crippen LogP contribution in [0.5, 0.6) is 0 Å². The van der Waals surface area contributed by atoms with Crippen LogP contribution in [0, 0.1) is 75.9 Å². The average molecular weight is 1570 g/mol. The number of carbonyl (C=O) groups is 13. The van der Waals surface area contributed by atoms with Crippen LogP contribution in [0.3, 0.4) is 0 Å². The summed E-state index contributed by atoms with van der Waals surface area (Å²) in [5, 5.41) is 33.4. The number of aliphatic hydroxyl groups is 2. The van der Waals surface area contributed by atoms with E-state index in [0.717, 1.165) is 15.4 Å². The zero-order valence-electron chi connectivity index (χ0n) is 72.3. The van der Waals surface area contributed by atoms with Crippen molar-refractivity contribution in [3.8, 4) is 0 Å². The van der Waals surface area contributed by atoms with Crippen LogP contribution >= 0.6 is 0 Å². The number of carbonyl (C=O) groups excluding carboxylic acids is 13. The van der Waals surface area contributed by atoms with Gasteiger partial charge in [0.1, 0.15) is 67.3 Å². The van der Waals surface area contributed by atoms with Gasteiger partial charge in [-0.2, -0.15) is 0 Å². The molecular weight excluding hydrogens is 1430 g/mol. The quantitative estimate of drug-likeness (QED) is 0.0441. The van der Waals surface area contributed by atoms with Gasteiger partial charge in [-0.15, -0.1) is 0 Å². The van der Waals surface area contributed by atoms with Crippen LogP contribution in [0.4, 0.5) is 0 Å². The van der Waals surface area contributed by atoms with E-state index in [1.165, 1.54) is 87.7 Å². The van der Waals surface area contributed by atoms with Crippen molar-refractivity contribution < 1.29 is 82.0 Å². The second kappa shape index (κ2) is 40.4. The molecule has 5 rings (SSSR count). The molecule has 1 saturated heterocycles. The van der Waals surface area contributed by atoms with Crippen molar-refractivity contribution in [2.75, 3.05) is 69.3 Å². The molecule has 19 atom stereocenters. The number of hydrogen-bond donors (Lipinski definition) is 5. The Hall–Kier alpha value is -7.23. The predicted octanol–water partition coefficient (Wildman–Crippen LogP) is 6.94. The molecule has 0 spiro atoms. The Morgan fingerprint density at radius 3 is 1.71 bits per heavy atom. The first-order valence-corrected chi connectivity index (χ1v) is 41.0. The van der Waals surface area contributed by atoms with E-state index in [4.69, 9.17) is 9.47 Å². The fourth-order valence-corrected chi connectivity index (χ4v) is 18.3. The number of fused-ring (bicyclic) bond motifs is 5. The molecule has 27 heteroatoms. The van der Waals surface area contributed by atoms with Crippen molar-refractivity contribution in [3.05, 3.63) is 36.0 Å². The van der Waals surface area contributed by atoms with Gasteiger partial charge < -0.3 is 69.9 Å². The molecule has 5 aliphatic rings. The first-order chi connectivity index (χ1) is 52.0. The van der Waals surface area contributed by atoms with Gasteiger partial charge in [0.05, 0.1) is 24.8 Å². The van der Waals surface area contributed by atoms with Gasteiger partial charge in [-0.3, -0.25) is 62.3 Å². The monoisotopic (exact) mass is 1570 g/mol. The lowest BCUT2D eigenvalue weighted by atomic mass is 9.46. The minimum absolute atomic E-state index is 0.0454. The molecule has 4 fully saturated rings. The lowest BCUT2D eigenvalue weighted by Crippen LogP contribution is -2.64. The molecule has 1 aliphatic heterocycles. The molecule has 4 aliphatic carbocycles. The molecular formula is C85H140N10O17. The van der Waals surface area contributed by atoms with E-state index in [-0.39, 0.29) is 105 Å². The van der Waals surface area contributed by atoms with E-state index >= 15 is 19.2 Å². The van der Waals surface area contributed by atoms with Crippen LogP contribution in [0.25, 0.3) is 0 Å². The van der Waals surface area contributed by atoms with Gasteiger partial charge in [-0.25, -0.2) is 0 Å². The van der Waals surface area contributed by atoms with Crippen molar-refractivity contribution >= 4 is 76.4 Å². The smallest absolute Gasteiger partial charge is 0.246 e. The minimum atomic E-state index is -1.93. The normalized spacial score (nSPS) is 32.3. The molecule has 0 aromatic heterocycles. The van der Waals surface area contributed by atoms with Crippen LogP contribution in [0.1, 0.15) is 209 Å². The van der Waals surface area contributed by atoms with E-state index < -0.39 is 197 Å². The molecule has 10 amide bonds. The highest BCUT2D eigenvalue weighted by Gasteiger charge is 2.68. The molecule has 1 heterocycles. The number of ketones is 3. The maximum absolute atomic E-state index is 16.0. The van der Waals surface area contributed by atoms with Crippen molar-refractivity contribution in [2.45, 2.75) is 281 Å². The first kappa shape index (κ1) is 95.4. The number of ether oxygens (including phenoxy) is 2. The molecule has 112 heavy (non-hydrogen) atoms. The third kappa shape index (κ3) is 21.8. The molecule has 0 aromatic rings. The number of allylic oxidation sites excluding steroid dienone is 6. The number of amides is 10. The molecule has 5 N–H and O–H groups in total. The van der Waals surface area contributed by atoms with Gasteiger partial charge in [-0.1, -0.05) is 142 Å². The van der Waals surface area contributed by atoms with Gasteiger partial charge in [0.2, 0.25) is 59.1 Å². The van der Waals surface area contributed by atoms with E-state index in [0.29, 0.717) is 19.3 Å². The highest BCUT2D eigenvalue weighted by atomic mass is 16.7. The molecule has 0 radical (unpaired) electrons. The highest BCUT2D eigenvalue weighted by molar-refractivity contribution is 6.02. The zero-order valence-corrected chi connectivity index (χ0v) is 72.3. The molecule has 27 nitrogen and oxygen atoms in total. The average Bonchev–Trinajstić information content (AvgIpc) is 1.48. The summed E-state index contributed by atoms with van der Waals surface area (Å²) in [5.41, 5.74) is -2.60.